The number of carbonyl (C=O) groups excluding carboxylic acids is 1. The van der Waals surface area contributed by atoms with Crippen LogP contribution in [0.5, 0.6) is 0 Å². The van der Waals surface area contributed by atoms with Crippen molar-refractivity contribution in [1.82, 2.24) is 24.8 Å². The zero-order valence-corrected chi connectivity index (χ0v) is 18.0. The van der Waals surface area contributed by atoms with Crippen LogP contribution in [0.3, 0.4) is 0 Å². The molecule has 32 heavy (non-hydrogen) atoms. The number of carbonyl (C=O) groups is 1. The van der Waals surface area contributed by atoms with E-state index in [1.54, 1.807) is 10.9 Å². The van der Waals surface area contributed by atoms with E-state index in [9.17, 15) is 4.79 Å². The van der Waals surface area contributed by atoms with E-state index >= 15 is 0 Å². The van der Waals surface area contributed by atoms with Gasteiger partial charge in [-0.2, -0.15) is 10.1 Å². The van der Waals surface area contributed by atoms with Gasteiger partial charge in [-0.15, -0.1) is 0 Å². The number of piperidine rings is 1. The second kappa shape index (κ2) is 8.78. The predicted octanol–water partition coefficient (Wildman–Crippen LogP) is 4.33. The van der Waals surface area contributed by atoms with E-state index in [4.69, 9.17) is 4.52 Å². The molecule has 2 aromatic carbocycles. The van der Waals surface area contributed by atoms with E-state index in [2.05, 4.69) is 15.2 Å². The summed E-state index contributed by atoms with van der Waals surface area (Å²) in [7, 11) is 0. The minimum Gasteiger partial charge on any atom is -0.339 e. The van der Waals surface area contributed by atoms with Crippen molar-refractivity contribution in [2.45, 2.75) is 26.2 Å². The van der Waals surface area contributed by atoms with E-state index in [1.807, 2.05) is 72.6 Å². The highest BCUT2D eigenvalue weighted by Gasteiger charge is 2.26. The van der Waals surface area contributed by atoms with Crippen molar-refractivity contribution in [2.75, 3.05) is 13.1 Å². The first-order chi connectivity index (χ1) is 15.7. The highest BCUT2D eigenvalue weighted by atomic mass is 16.5. The topological polar surface area (TPSA) is 77.0 Å². The first-order valence-corrected chi connectivity index (χ1v) is 11.0. The normalized spacial score (nSPS) is 16.3. The van der Waals surface area contributed by atoms with Gasteiger partial charge in [0.2, 0.25) is 11.7 Å². The third kappa shape index (κ3) is 4.19. The highest BCUT2D eigenvalue weighted by Crippen LogP contribution is 2.25. The Balaban J connectivity index is 1.27. The van der Waals surface area contributed by atoms with Crippen molar-refractivity contribution in [1.29, 1.82) is 0 Å². The van der Waals surface area contributed by atoms with Gasteiger partial charge in [0.25, 0.3) is 5.91 Å². The van der Waals surface area contributed by atoms with Gasteiger partial charge < -0.3 is 9.42 Å². The van der Waals surface area contributed by atoms with Crippen LogP contribution in [-0.2, 0) is 6.42 Å². The molecule has 0 bridgehead atoms. The average Bonchev–Trinajstić information content (AvgIpc) is 3.52. The Labute approximate surface area is 186 Å². The van der Waals surface area contributed by atoms with Gasteiger partial charge >= 0.3 is 0 Å². The molecule has 0 saturated carbocycles. The molecular weight excluding hydrogens is 402 g/mol. The molecule has 0 spiro atoms. The van der Waals surface area contributed by atoms with Crippen LogP contribution in [0.1, 0.15) is 34.7 Å². The lowest BCUT2D eigenvalue weighted by molar-refractivity contribution is 0.0668. The zero-order valence-electron chi connectivity index (χ0n) is 18.0. The fourth-order valence-electron chi connectivity index (χ4n) is 4.32. The number of aryl methyl sites for hydroxylation is 1. The molecule has 1 atom stereocenters. The highest BCUT2D eigenvalue weighted by molar-refractivity contribution is 5.94. The lowest BCUT2D eigenvalue weighted by Crippen LogP contribution is -2.40. The first kappa shape index (κ1) is 20.2. The van der Waals surface area contributed by atoms with Gasteiger partial charge in [0.1, 0.15) is 0 Å². The van der Waals surface area contributed by atoms with Crippen molar-refractivity contribution < 1.29 is 9.32 Å². The number of amides is 1. The van der Waals surface area contributed by atoms with Gasteiger partial charge in [-0.1, -0.05) is 35.5 Å². The SMILES string of the molecule is Cc1ccccc1-c1noc(C[C@H]2CCCN(C(=O)c3cccc(-n4cccn4)c3)C2)n1. The lowest BCUT2D eigenvalue weighted by Gasteiger charge is -2.32. The quantitative estimate of drug-likeness (QED) is 0.474. The number of hydrogen-bond donors (Lipinski definition) is 0. The minimum absolute atomic E-state index is 0.0508. The van der Waals surface area contributed by atoms with Crippen molar-refractivity contribution >= 4 is 5.91 Å². The van der Waals surface area contributed by atoms with Crippen LogP contribution < -0.4 is 0 Å². The van der Waals surface area contributed by atoms with Crippen LogP contribution >= 0.6 is 0 Å². The average molecular weight is 428 g/mol. The van der Waals surface area contributed by atoms with Crippen LogP contribution in [0.15, 0.2) is 71.5 Å². The molecule has 4 aromatic rings. The van der Waals surface area contributed by atoms with Gasteiger partial charge in [0.05, 0.1) is 5.69 Å². The van der Waals surface area contributed by atoms with E-state index in [0.29, 0.717) is 36.2 Å². The summed E-state index contributed by atoms with van der Waals surface area (Å²) in [5.74, 6) is 1.60. The molecule has 3 heterocycles. The summed E-state index contributed by atoms with van der Waals surface area (Å²) in [4.78, 5) is 19.7. The van der Waals surface area contributed by atoms with Crippen LogP contribution in [0.25, 0.3) is 17.1 Å². The summed E-state index contributed by atoms with van der Waals surface area (Å²) >= 11 is 0. The fraction of sp³-hybridized carbons (Fsp3) is 0.280. The maximum Gasteiger partial charge on any atom is 0.253 e. The molecule has 0 radical (unpaired) electrons. The van der Waals surface area contributed by atoms with Crippen molar-refractivity contribution in [3.05, 3.63) is 84.0 Å². The van der Waals surface area contributed by atoms with Crippen LogP contribution in [-0.4, -0.2) is 43.8 Å². The first-order valence-electron chi connectivity index (χ1n) is 11.0. The predicted molar refractivity (Wildman–Crippen MR) is 120 cm³/mol. The minimum atomic E-state index is 0.0508. The maximum absolute atomic E-state index is 13.2. The molecule has 5 rings (SSSR count). The standard InChI is InChI=1S/C25H25N5O2/c1-18-7-2-3-11-22(18)24-27-23(32-28-24)15-19-8-5-13-29(17-19)25(31)20-9-4-10-21(16-20)30-14-6-12-26-30/h2-4,6-7,9-12,14,16,19H,5,8,13,15,17H2,1H3/t19-/m1/s1. The molecule has 0 N–H and O–H groups in total. The van der Waals surface area contributed by atoms with Gasteiger partial charge in [0.15, 0.2) is 0 Å². The monoisotopic (exact) mass is 427 g/mol. The Hall–Kier alpha value is -3.74. The molecule has 162 valence electrons. The number of benzene rings is 2. The third-order valence-corrected chi connectivity index (χ3v) is 5.99. The van der Waals surface area contributed by atoms with Crippen molar-refractivity contribution in [2.24, 2.45) is 5.92 Å². The lowest BCUT2D eigenvalue weighted by atomic mass is 9.94. The number of hydrogen-bond acceptors (Lipinski definition) is 5. The van der Waals surface area contributed by atoms with Crippen LogP contribution in [0.2, 0.25) is 0 Å². The largest absolute Gasteiger partial charge is 0.339 e. The van der Waals surface area contributed by atoms with Crippen molar-refractivity contribution in [3.63, 3.8) is 0 Å². The molecule has 1 aliphatic rings. The van der Waals surface area contributed by atoms with E-state index in [0.717, 1.165) is 36.2 Å². The molecule has 1 aliphatic heterocycles. The van der Waals surface area contributed by atoms with E-state index in [1.165, 1.54) is 0 Å². The fourth-order valence-corrected chi connectivity index (χ4v) is 4.32. The zero-order chi connectivity index (χ0) is 21.9. The molecule has 1 fully saturated rings. The van der Waals surface area contributed by atoms with Crippen LogP contribution in [0.4, 0.5) is 0 Å². The number of rotatable bonds is 5. The molecule has 1 amide bonds. The molecule has 0 unspecified atom stereocenters. The summed E-state index contributed by atoms with van der Waals surface area (Å²) in [6.45, 7) is 3.49. The molecular formula is C25H25N5O2. The number of aromatic nitrogens is 4. The van der Waals surface area contributed by atoms with Crippen LogP contribution in [0, 0.1) is 12.8 Å². The van der Waals surface area contributed by atoms with Crippen molar-refractivity contribution in [3.8, 4) is 17.1 Å². The van der Waals surface area contributed by atoms with Gasteiger partial charge in [-0.25, -0.2) is 4.68 Å². The summed E-state index contributed by atoms with van der Waals surface area (Å²) in [5, 5.41) is 8.43. The third-order valence-electron chi connectivity index (χ3n) is 5.99. The Morgan fingerprint density at radius 2 is 2.06 bits per heavy atom. The van der Waals surface area contributed by atoms with E-state index < -0.39 is 0 Å². The molecule has 1 saturated heterocycles. The Kier molecular flexibility index (Phi) is 5.54. The maximum atomic E-state index is 13.2. The Morgan fingerprint density at radius 3 is 2.91 bits per heavy atom. The number of likely N-dealkylation sites (tertiary alicyclic amines) is 1. The molecule has 7 nitrogen and oxygen atoms in total. The molecule has 7 heteroatoms. The smallest absolute Gasteiger partial charge is 0.253 e. The Morgan fingerprint density at radius 1 is 1.16 bits per heavy atom. The summed E-state index contributed by atoms with van der Waals surface area (Å²) in [5.41, 5.74) is 3.66. The molecule has 2 aromatic heterocycles. The summed E-state index contributed by atoms with van der Waals surface area (Å²) in [6, 6.07) is 17.5. The summed E-state index contributed by atoms with van der Waals surface area (Å²) in [6.07, 6.45) is 6.28. The van der Waals surface area contributed by atoms with Gasteiger partial charge in [0, 0.05) is 43.0 Å². The summed E-state index contributed by atoms with van der Waals surface area (Å²) < 4.78 is 7.30. The van der Waals surface area contributed by atoms with Gasteiger partial charge in [-0.05, 0) is 55.5 Å². The number of nitrogens with zero attached hydrogens (tertiary/aromatic N) is 5. The Bertz CT molecular complexity index is 1210. The van der Waals surface area contributed by atoms with Gasteiger partial charge in [-0.3, -0.25) is 4.79 Å². The second-order valence-electron chi connectivity index (χ2n) is 8.29. The van der Waals surface area contributed by atoms with E-state index in [-0.39, 0.29) is 5.91 Å². The molecule has 0 aliphatic carbocycles. The second-order valence-corrected chi connectivity index (χ2v) is 8.29.